The summed E-state index contributed by atoms with van der Waals surface area (Å²) in [7, 11) is 0. The van der Waals surface area contributed by atoms with Crippen molar-refractivity contribution < 1.29 is 9.90 Å². The van der Waals surface area contributed by atoms with Crippen LogP contribution in [0.25, 0.3) is 0 Å². The van der Waals surface area contributed by atoms with Gasteiger partial charge in [-0.2, -0.15) is 0 Å². The molecule has 0 saturated carbocycles. The summed E-state index contributed by atoms with van der Waals surface area (Å²) in [5, 5.41) is 11.8. The third-order valence-corrected chi connectivity index (χ3v) is 2.11. The number of nitrogens with zero attached hydrogens (tertiary/aromatic N) is 1. The number of aromatic nitrogens is 1. The van der Waals surface area contributed by atoms with E-state index in [2.05, 4.69) is 5.32 Å². The maximum Gasteiger partial charge on any atom is 0.326 e. The van der Waals surface area contributed by atoms with Gasteiger partial charge in [-0.05, 0) is 12.1 Å². The molecule has 2 heterocycles. The van der Waals surface area contributed by atoms with Crippen LogP contribution in [0.5, 0.6) is 0 Å². The van der Waals surface area contributed by atoms with Gasteiger partial charge in [0.05, 0.1) is 0 Å². The summed E-state index contributed by atoms with van der Waals surface area (Å²) in [5.41, 5.74) is 0.841. The first-order valence-corrected chi connectivity index (χ1v) is 3.90. The van der Waals surface area contributed by atoms with Crippen molar-refractivity contribution in [1.82, 2.24) is 9.88 Å². The molecule has 0 aliphatic carbocycles. The van der Waals surface area contributed by atoms with Crippen LogP contribution >= 0.6 is 0 Å². The summed E-state index contributed by atoms with van der Waals surface area (Å²) in [6.45, 7) is 1.57. The number of nitrogens with one attached hydrogen (secondary N) is 1. The number of hydrogen-bond donors (Lipinski definition) is 2. The Labute approximate surface area is 69.8 Å². The van der Waals surface area contributed by atoms with E-state index in [1.165, 1.54) is 0 Å². The lowest BCUT2D eigenvalue weighted by Crippen LogP contribution is -2.37. The molecule has 1 aromatic rings. The van der Waals surface area contributed by atoms with Gasteiger partial charge in [-0.1, -0.05) is 0 Å². The highest BCUT2D eigenvalue weighted by Crippen LogP contribution is 2.17. The van der Waals surface area contributed by atoms with Gasteiger partial charge in [0.2, 0.25) is 0 Å². The van der Waals surface area contributed by atoms with Gasteiger partial charge in [0, 0.05) is 25.0 Å². The molecule has 4 nitrogen and oxygen atoms in total. The predicted molar refractivity (Wildman–Crippen MR) is 42.8 cm³/mol. The number of hydrogen-bond acceptors (Lipinski definition) is 2. The van der Waals surface area contributed by atoms with E-state index in [0.717, 1.165) is 18.8 Å². The van der Waals surface area contributed by atoms with Crippen LogP contribution in [0.4, 0.5) is 0 Å². The minimum absolute atomic E-state index is 0.534. The first kappa shape index (κ1) is 7.36. The van der Waals surface area contributed by atoms with E-state index in [-0.39, 0.29) is 0 Å². The number of fused-ring (bicyclic) bond motifs is 1. The molecule has 0 aromatic carbocycles. The third kappa shape index (κ3) is 1.00. The van der Waals surface area contributed by atoms with Crippen molar-refractivity contribution in [2.45, 2.75) is 12.6 Å². The Kier molecular flexibility index (Phi) is 1.62. The van der Waals surface area contributed by atoms with E-state index in [1.54, 1.807) is 0 Å². The molecular formula is C8H10N2O2. The molecule has 1 atom stereocenters. The molecule has 0 fully saturated rings. The standard InChI is InChI=1S/C8H10N2O2/c11-8(12)7-6-2-1-4-10(6)5-3-9-7/h1-2,4,7,9H,3,5H2,(H,11,12). The fraction of sp³-hybridized carbons (Fsp3) is 0.375. The van der Waals surface area contributed by atoms with Crippen molar-refractivity contribution in [3.8, 4) is 0 Å². The monoisotopic (exact) mass is 166 g/mol. The maximum atomic E-state index is 10.7. The number of carboxylic acids is 1. The van der Waals surface area contributed by atoms with Crippen molar-refractivity contribution in [2.75, 3.05) is 6.54 Å². The van der Waals surface area contributed by atoms with Crippen LogP contribution in [0.1, 0.15) is 11.7 Å². The zero-order valence-electron chi connectivity index (χ0n) is 6.53. The Morgan fingerprint density at radius 3 is 3.33 bits per heavy atom. The lowest BCUT2D eigenvalue weighted by molar-refractivity contribution is -0.140. The molecule has 0 amide bonds. The molecule has 4 heteroatoms. The fourth-order valence-electron chi connectivity index (χ4n) is 1.54. The smallest absolute Gasteiger partial charge is 0.326 e. The average molecular weight is 166 g/mol. The van der Waals surface area contributed by atoms with Crippen LogP contribution in [-0.2, 0) is 11.3 Å². The highest BCUT2D eigenvalue weighted by atomic mass is 16.4. The van der Waals surface area contributed by atoms with Crippen LogP contribution in [0.3, 0.4) is 0 Å². The molecule has 0 radical (unpaired) electrons. The molecule has 1 aliphatic heterocycles. The topological polar surface area (TPSA) is 54.3 Å². The van der Waals surface area contributed by atoms with E-state index in [9.17, 15) is 4.79 Å². The summed E-state index contributed by atoms with van der Waals surface area (Å²) in [6.07, 6.45) is 1.91. The lowest BCUT2D eigenvalue weighted by Gasteiger charge is -2.22. The number of carboxylic acid groups (broad SMARTS) is 1. The molecule has 0 spiro atoms. The van der Waals surface area contributed by atoms with Crippen molar-refractivity contribution in [3.05, 3.63) is 24.0 Å². The first-order valence-electron chi connectivity index (χ1n) is 3.90. The minimum atomic E-state index is -0.811. The molecule has 12 heavy (non-hydrogen) atoms. The molecule has 1 unspecified atom stereocenters. The molecule has 0 bridgehead atoms. The Morgan fingerprint density at radius 1 is 1.75 bits per heavy atom. The molecule has 1 aromatic heterocycles. The van der Waals surface area contributed by atoms with Crippen LogP contribution in [0, 0.1) is 0 Å². The zero-order valence-corrected chi connectivity index (χ0v) is 6.53. The lowest BCUT2D eigenvalue weighted by atomic mass is 10.2. The van der Waals surface area contributed by atoms with Crippen molar-refractivity contribution >= 4 is 5.97 Å². The van der Waals surface area contributed by atoms with E-state index in [0.29, 0.717) is 0 Å². The fourth-order valence-corrected chi connectivity index (χ4v) is 1.54. The molecule has 0 saturated heterocycles. The van der Waals surface area contributed by atoms with Gasteiger partial charge in [-0.3, -0.25) is 10.1 Å². The highest BCUT2D eigenvalue weighted by Gasteiger charge is 2.24. The summed E-state index contributed by atoms with van der Waals surface area (Å²) in [4.78, 5) is 10.7. The van der Waals surface area contributed by atoms with Gasteiger partial charge < -0.3 is 9.67 Å². The van der Waals surface area contributed by atoms with Crippen molar-refractivity contribution in [2.24, 2.45) is 0 Å². The average Bonchev–Trinajstić information content (AvgIpc) is 2.49. The summed E-state index contributed by atoms with van der Waals surface area (Å²) >= 11 is 0. The first-order chi connectivity index (χ1) is 5.79. The quantitative estimate of drug-likeness (QED) is 0.627. The van der Waals surface area contributed by atoms with Crippen LogP contribution in [0.2, 0.25) is 0 Å². The van der Waals surface area contributed by atoms with Crippen LogP contribution < -0.4 is 5.32 Å². The Bertz CT molecular complexity index is 306. The third-order valence-electron chi connectivity index (χ3n) is 2.11. The van der Waals surface area contributed by atoms with Gasteiger partial charge in [0.15, 0.2) is 0 Å². The predicted octanol–water partition coefficient (Wildman–Crippen LogP) is 0.217. The summed E-state index contributed by atoms with van der Waals surface area (Å²) in [6, 6.07) is 3.18. The molecule has 64 valence electrons. The summed E-state index contributed by atoms with van der Waals surface area (Å²) < 4.78 is 1.97. The minimum Gasteiger partial charge on any atom is -0.480 e. The zero-order chi connectivity index (χ0) is 8.55. The highest BCUT2D eigenvalue weighted by molar-refractivity contribution is 5.75. The number of carbonyl (C=O) groups is 1. The van der Waals surface area contributed by atoms with E-state index in [1.807, 2.05) is 22.9 Å². The van der Waals surface area contributed by atoms with E-state index >= 15 is 0 Å². The Balaban J connectivity index is 2.37. The van der Waals surface area contributed by atoms with Crippen LogP contribution in [-0.4, -0.2) is 22.2 Å². The Morgan fingerprint density at radius 2 is 2.58 bits per heavy atom. The Hall–Kier alpha value is -1.29. The molecule has 1 aliphatic rings. The van der Waals surface area contributed by atoms with E-state index in [4.69, 9.17) is 5.11 Å². The van der Waals surface area contributed by atoms with Gasteiger partial charge in [-0.25, -0.2) is 0 Å². The second-order valence-corrected chi connectivity index (χ2v) is 2.85. The normalized spacial score (nSPS) is 21.8. The number of rotatable bonds is 1. The van der Waals surface area contributed by atoms with E-state index < -0.39 is 12.0 Å². The van der Waals surface area contributed by atoms with Gasteiger partial charge in [-0.15, -0.1) is 0 Å². The summed E-state index contributed by atoms with van der Waals surface area (Å²) in [5.74, 6) is -0.811. The van der Waals surface area contributed by atoms with Gasteiger partial charge >= 0.3 is 5.97 Å². The molecule has 2 N–H and O–H groups in total. The van der Waals surface area contributed by atoms with Crippen LogP contribution in [0.15, 0.2) is 18.3 Å². The SMILES string of the molecule is O=C(O)C1NCCn2cccc21. The van der Waals surface area contributed by atoms with Crippen molar-refractivity contribution in [3.63, 3.8) is 0 Å². The largest absolute Gasteiger partial charge is 0.480 e. The molecule has 2 rings (SSSR count). The number of aliphatic carboxylic acids is 1. The second kappa shape index (κ2) is 2.64. The molecular weight excluding hydrogens is 156 g/mol. The maximum absolute atomic E-state index is 10.7. The second-order valence-electron chi connectivity index (χ2n) is 2.85. The van der Waals surface area contributed by atoms with Gasteiger partial charge in [0.1, 0.15) is 6.04 Å². The van der Waals surface area contributed by atoms with Crippen molar-refractivity contribution in [1.29, 1.82) is 0 Å². The van der Waals surface area contributed by atoms with Gasteiger partial charge in [0.25, 0.3) is 0 Å².